The number of aromatic nitrogens is 2. The monoisotopic (exact) mass is 407 g/mol. The van der Waals surface area contributed by atoms with Crippen LogP contribution in [-0.2, 0) is 14.6 Å². The topological polar surface area (TPSA) is 81.1 Å². The van der Waals surface area contributed by atoms with Crippen molar-refractivity contribution in [3.05, 3.63) is 24.3 Å². The van der Waals surface area contributed by atoms with E-state index in [2.05, 4.69) is 16.0 Å². The van der Waals surface area contributed by atoms with Gasteiger partial charge in [-0.3, -0.25) is 4.79 Å². The van der Waals surface area contributed by atoms with Gasteiger partial charge in [0.25, 0.3) is 0 Å². The summed E-state index contributed by atoms with van der Waals surface area (Å²) in [5.74, 6) is 0.364. The first-order chi connectivity index (χ1) is 13.0. The van der Waals surface area contributed by atoms with E-state index in [1.807, 2.05) is 18.2 Å². The maximum Gasteiger partial charge on any atom is 0.230 e. The van der Waals surface area contributed by atoms with E-state index in [9.17, 15) is 13.2 Å². The number of benzene rings is 1. The van der Waals surface area contributed by atoms with Crippen molar-refractivity contribution in [2.45, 2.75) is 55.8 Å². The quantitative estimate of drug-likeness (QED) is 0.771. The summed E-state index contributed by atoms with van der Waals surface area (Å²) in [7, 11) is -2.98. The Morgan fingerprint density at radius 2 is 1.96 bits per heavy atom. The lowest BCUT2D eigenvalue weighted by Crippen LogP contribution is -2.36. The molecule has 1 saturated carbocycles. The largest absolute Gasteiger partial charge is 0.352 e. The molecule has 1 N–H and O–H groups in total. The number of imidazole rings is 1. The molecule has 6 nitrogen and oxygen atoms in total. The third kappa shape index (κ3) is 4.32. The van der Waals surface area contributed by atoms with Gasteiger partial charge in [0, 0.05) is 12.1 Å². The van der Waals surface area contributed by atoms with Crippen LogP contribution in [0.25, 0.3) is 11.0 Å². The lowest BCUT2D eigenvalue weighted by atomic mass is 9.95. The van der Waals surface area contributed by atoms with Gasteiger partial charge in [-0.15, -0.1) is 0 Å². The zero-order valence-electron chi connectivity index (χ0n) is 15.3. The van der Waals surface area contributed by atoms with Crippen LogP contribution in [0.2, 0.25) is 0 Å². The summed E-state index contributed by atoms with van der Waals surface area (Å²) in [6.45, 7) is 0. The van der Waals surface area contributed by atoms with Crippen LogP contribution in [0.3, 0.4) is 0 Å². The SMILES string of the molecule is O=C(CSc1nc2ccccc2n1C1CCCCC1)NC1CCS(=O)(=O)C1. The van der Waals surface area contributed by atoms with E-state index < -0.39 is 9.84 Å². The molecule has 2 aromatic rings. The number of para-hydroxylation sites is 2. The number of carbonyl (C=O) groups is 1. The van der Waals surface area contributed by atoms with Crippen molar-refractivity contribution in [3.8, 4) is 0 Å². The molecule has 1 atom stereocenters. The molecule has 2 aliphatic rings. The highest BCUT2D eigenvalue weighted by atomic mass is 32.2. The average molecular weight is 408 g/mol. The van der Waals surface area contributed by atoms with Crippen LogP contribution in [0.1, 0.15) is 44.6 Å². The molecule has 1 unspecified atom stereocenters. The molecule has 1 aliphatic carbocycles. The lowest BCUT2D eigenvalue weighted by molar-refractivity contribution is -0.119. The van der Waals surface area contributed by atoms with Crippen molar-refractivity contribution in [2.24, 2.45) is 0 Å². The zero-order valence-corrected chi connectivity index (χ0v) is 16.9. The van der Waals surface area contributed by atoms with Gasteiger partial charge in [0.15, 0.2) is 15.0 Å². The first-order valence-corrected chi connectivity index (χ1v) is 12.4. The number of amides is 1. The highest BCUT2D eigenvalue weighted by molar-refractivity contribution is 7.99. The highest BCUT2D eigenvalue weighted by Gasteiger charge is 2.29. The molecule has 146 valence electrons. The van der Waals surface area contributed by atoms with Crippen molar-refractivity contribution in [1.82, 2.24) is 14.9 Å². The van der Waals surface area contributed by atoms with Gasteiger partial charge in [0.2, 0.25) is 5.91 Å². The number of nitrogens with one attached hydrogen (secondary N) is 1. The molecule has 1 aromatic carbocycles. The molecule has 1 amide bonds. The predicted octanol–water partition coefficient (Wildman–Crippen LogP) is 2.94. The van der Waals surface area contributed by atoms with Gasteiger partial charge in [-0.25, -0.2) is 13.4 Å². The van der Waals surface area contributed by atoms with Gasteiger partial charge in [0.1, 0.15) is 0 Å². The molecule has 0 radical (unpaired) electrons. The van der Waals surface area contributed by atoms with Crippen molar-refractivity contribution >= 4 is 38.5 Å². The van der Waals surface area contributed by atoms with Crippen LogP contribution in [0.15, 0.2) is 29.4 Å². The van der Waals surface area contributed by atoms with Gasteiger partial charge in [-0.2, -0.15) is 0 Å². The molecule has 8 heteroatoms. The number of hydrogen-bond acceptors (Lipinski definition) is 5. The maximum absolute atomic E-state index is 12.3. The van der Waals surface area contributed by atoms with E-state index in [4.69, 9.17) is 4.98 Å². The van der Waals surface area contributed by atoms with Crippen molar-refractivity contribution in [3.63, 3.8) is 0 Å². The molecule has 2 heterocycles. The van der Waals surface area contributed by atoms with Crippen LogP contribution in [0.4, 0.5) is 0 Å². The summed E-state index contributed by atoms with van der Waals surface area (Å²) < 4.78 is 25.4. The zero-order chi connectivity index (χ0) is 18.9. The molecule has 1 saturated heterocycles. The number of thioether (sulfide) groups is 1. The minimum atomic E-state index is -2.98. The first-order valence-electron chi connectivity index (χ1n) is 9.61. The fourth-order valence-corrected chi connectivity index (χ4v) is 6.69. The first kappa shape index (κ1) is 18.8. The highest BCUT2D eigenvalue weighted by Crippen LogP contribution is 2.35. The number of sulfone groups is 1. The Kier molecular flexibility index (Phi) is 5.45. The third-order valence-electron chi connectivity index (χ3n) is 5.43. The molecular formula is C19H25N3O3S2. The Labute approximate surface area is 164 Å². The van der Waals surface area contributed by atoms with Gasteiger partial charge in [-0.05, 0) is 31.4 Å². The summed E-state index contributed by atoms with van der Waals surface area (Å²) in [6, 6.07) is 8.33. The molecule has 1 aromatic heterocycles. The summed E-state index contributed by atoms with van der Waals surface area (Å²) >= 11 is 1.45. The van der Waals surface area contributed by atoms with Crippen LogP contribution in [-0.4, -0.2) is 47.2 Å². The fourth-order valence-electron chi connectivity index (χ4n) is 4.12. The molecule has 0 bridgehead atoms. The number of fused-ring (bicyclic) bond motifs is 1. The summed E-state index contributed by atoms with van der Waals surface area (Å²) in [5, 5.41) is 3.75. The normalized spacial score (nSPS) is 22.9. The predicted molar refractivity (Wildman–Crippen MR) is 108 cm³/mol. The number of nitrogens with zero attached hydrogens (tertiary/aromatic N) is 2. The van der Waals surface area contributed by atoms with Gasteiger partial charge >= 0.3 is 0 Å². The Bertz CT molecular complexity index is 933. The van der Waals surface area contributed by atoms with E-state index in [1.54, 1.807) is 0 Å². The Balaban J connectivity index is 1.47. The van der Waals surface area contributed by atoms with Crippen LogP contribution >= 0.6 is 11.8 Å². The molecule has 4 rings (SSSR count). The van der Waals surface area contributed by atoms with Gasteiger partial charge in [-0.1, -0.05) is 43.2 Å². The Hall–Kier alpha value is -1.54. The van der Waals surface area contributed by atoms with E-state index in [0.29, 0.717) is 12.5 Å². The second-order valence-electron chi connectivity index (χ2n) is 7.50. The van der Waals surface area contributed by atoms with Crippen molar-refractivity contribution < 1.29 is 13.2 Å². The van der Waals surface area contributed by atoms with Crippen molar-refractivity contribution in [1.29, 1.82) is 0 Å². The van der Waals surface area contributed by atoms with Crippen LogP contribution < -0.4 is 5.32 Å². The lowest BCUT2D eigenvalue weighted by Gasteiger charge is -2.25. The molecule has 2 fully saturated rings. The minimum Gasteiger partial charge on any atom is -0.352 e. The number of carbonyl (C=O) groups excluding carboxylic acids is 1. The molecular weight excluding hydrogens is 382 g/mol. The molecule has 1 aliphatic heterocycles. The summed E-state index contributed by atoms with van der Waals surface area (Å²) in [6.07, 6.45) is 6.58. The van der Waals surface area contributed by atoms with Crippen LogP contribution in [0.5, 0.6) is 0 Å². The Morgan fingerprint density at radius 3 is 2.70 bits per heavy atom. The second-order valence-corrected chi connectivity index (χ2v) is 10.7. The summed E-state index contributed by atoms with van der Waals surface area (Å²) in [5.41, 5.74) is 2.10. The average Bonchev–Trinajstić information content (AvgIpc) is 3.20. The van der Waals surface area contributed by atoms with Gasteiger partial charge in [0.05, 0.1) is 28.3 Å². The summed E-state index contributed by atoms with van der Waals surface area (Å²) in [4.78, 5) is 17.1. The number of hydrogen-bond donors (Lipinski definition) is 1. The maximum atomic E-state index is 12.3. The van der Waals surface area contributed by atoms with E-state index in [-0.39, 0.29) is 29.2 Å². The smallest absolute Gasteiger partial charge is 0.230 e. The standard InChI is InChI=1S/C19H25N3O3S2/c23-18(20-14-10-11-27(24,25)13-14)12-26-19-21-16-8-4-5-9-17(16)22(19)15-6-2-1-3-7-15/h4-5,8-9,14-15H,1-3,6-7,10-13H2,(H,20,23). The van der Waals surface area contributed by atoms with E-state index in [1.165, 1.54) is 31.0 Å². The molecule has 27 heavy (non-hydrogen) atoms. The van der Waals surface area contributed by atoms with E-state index >= 15 is 0 Å². The minimum absolute atomic E-state index is 0.0595. The van der Waals surface area contributed by atoms with Crippen LogP contribution in [0, 0.1) is 0 Å². The molecule has 0 spiro atoms. The second kappa shape index (κ2) is 7.83. The van der Waals surface area contributed by atoms with E-state index in [0.717, 1.165) is 29.0 Å². The van der Waals surface area contributed by atoms with Gasteiger partial charge < -0.3 is 9.88 Å². The fraction of sp³-hybridized carbons (Fsp3) is 0.579. The van der Waals surface area contributed by atoms with Crippen molar-refractivity contribution in [2.75, 3.05) is 17.3 Å². The third-order valence-corrected chi connectivity index (χ3v) is 8.15. The number of rotatable bonds is 5. The Morgan fingerprint density at radius 1 is 1.19 bits per heavy atom.